The lowest BCUT2D eigenvalue weighted by Gasteiger charge is -2.18. The molecule has 0 spiro atoms. The predicted molar refractivity (Wildman–Crippen MR) is 115 cm³/mol. The summed E-state index contributed by atoms with van der Waals surface area (Å²) in [6.45, 7) is -0.459. The van der Waals surface area contributed by atoms with Gasteiger partial charge in [-0.05, 0) is 24.3 Å². The number of sulfonamides is 1. The third-order valence-electron chi connectivity index (χ3n) is 4.26. The first-order chi connectivity index (χ1) is 14.8. The Balaban J connectivity index is 2.10. The van der Waals surface area contributed by atoms with Crippen molar-refractivity contribution in [2.75, 3.05) is 42.0 Å². The molecule has 0 saturated heterocycles. The zero-order valence-corrected chi connectivity index (χ0v) is 18.7. The number of hydrogen-bond donors (Lipinski definition) is 1. The van der Waals surface area contributed by atoms with Crippen molar-refractivity contribution < 1.29 is 32.2 Å². The maximum absolute atomic E-state index is 12.9. The number of carbonyl (C=O) groups excluding carboxylic acids is 1. The Labute approximate surface area is 181 Å². The van der Waals surface area contributed by atoms with Gasteiger partial charge in [0.15, 0.2) is 0 Å². The number of amides is 1. The molecule has 0 fully saturated rings. The molecule has 0 atom stereocenters. The molecule has 0 bridgehead atoms. The predicted octanol–water partition coefficient (Wildman–Crippen LogP) is 1.49. The van der Waals surface area contributed by atoms with E-state index in [1.807, 2.05) is 0 Å². The van der Waals surface area contributed by atoms with E-state index in [1.54, 1.807) is 24.3 Å². The van der Waals surface area contributed by atoms with E-state index in [0.29, 0.717) is 22.8 Å². The summed E-state index contributed by atoms with van der Waals surface area (Å²) in [4.78, 5) is 12.1. The number of benzene rings is 2. The third-order valence-corrected chi connectivity index (χ3v) is 6.08. The SMILES string of the molecule is COc1ccc(/C=N\NC(=O)CN(C)S(=O)(=O)c2cc(OC)ccc2OC)c(OC)c1. The molecular formula is C20H25N3O7S. The summed E-state index contributed by atoms with van der Waals surface area (Å²) in [6.07, 6.45) is 1.38. The van der Waals surface area contributed by atoms with Crippen LogP contribution in [-0.4, -0.2) is 66.9 Å². The summed E-state index contributed by atoms with van der Waals surface area (Å²) in [5.74, 6) is 0.963. The molecule has 2 rings (SSSR count). The molecule has 0 aromatic heterocycles. The van der Waals surface area contributed by atoms with E-state index in [2.05, 4.69) is 10.5 Å². The van der Waals surface area contributed by atoms with Crippen molar-refractivity contribution in [1.82, 2.24) is 9.73 Å². The highest BCUT2D eigenvalue weighted by Crippen LogP contribution is 2.30. The standard InChI is InChI=1S/C20H25N3O7S/c1-23(31(25,26)19-11-16(28-3)8-9-17(19)29-4)13-20(24)22-21-12-14-6-7-15(27-2)10-18(14)30-5/h6-12H,13H2,1-5H3,(H,22,24)/b21-12-. The topological polar surface area (TPSA) is 116 Å². The van der Waals surface area contributed by atoms with Crippen molar-refractivity contribution in [2.45, 2.75) is 4.90 Å². The second-order valence-electron chi connectivity index (χ2n) is 6.18. The van der Waals surface area contributed by atoms with Crippen LogP contribution in [-0.2, 0) is 14.8 Å². The highest BCUT2D eigenvalue weighted by molar-refractivity contribution is 7.89. The molecule has 31 heavy (non-hydrogen) atoms. The van der Waals surface area contributed by atoms with Gasteiger partial charge in [-0.1, -0.05) is 0 Å². The van der Waals surface area contributed by atoms with E-state index in [0.717, 1.165) is 4.31 Å². The number of nitrogens with zero attached hydrogens (tertiary/aromatic N) is 2. The fourth-order valence-electron chi connectivity index (χ4n) is 2.57. The van der Waals surface area contributed by atoms with Gasteiger partial charge in [0.25, 0.3) is 5.91 Å². The molecule has 0 aliphatic heterocycles. The van der Waals surface area contributed by atoms with Crippen molar-refractivity contribution >= 4 is 22.1 Å². The lowest BCUT2D eigenvalue weighted by atomic mass is 10.2. The zero-order chi connectivity index (χ0) is 23.0. The molecule has 1 amide bonds. The molecule has 0 aliphatic rings. The highest BCUT2D eigenvalue weighted by atomic mass is 32.2. The molecule has 0 heterocycles. The number of nitrogens with one attached hydrogen (secondary N) is 1. The number of hydrogen-bond acceptors (Lipinski definition) is 8. The molecule has 0 radical (unpaired) electrons. The Hall–Kier alpha value is -3.31. The normalized spacial score (nSPS) is 11.4. The largest absolute Gasteiger partial charge is 0.497 e. The Kier molecular flexibility index (Phi) is 8.22. The smallest absolute Gasteiger partial charge is 0.255 e. The van der Waals surface area contributed by atoms with Crippen LogP contribution in [0.1, 0.15) is 5.56 Å². The van der Waals surface area contributed by atoms with Gasteiger partial charge in [0.2, 0.25) is 10.0 Å². The summed E-state index contributed by atoms with van der Waals surface area (Å²) >= 11 is 0. The maximum atomic E-state index is 12.9. The molecule has 0 aliphatic carbocycles. The summed E-state index contributed by atoms with van der Waals surface area (Å²) in [7, 11) is 3.07. The molecule has 1 N–H and O–H groups in total. The average molecular weight is 452 g/mol. The number of rotatable bonds is 10. The minimum absolute atomic E-state index is 0.115. The number of ether oxygens (including phenoxy) is 4. The first-order valence-electron chi connectivity index (χ1n) is 8.99. The molecule has 168 valence electrons. The van der Waals surface area contributed by atoms with Crippen molar-refractivity contribution in [1.29, 1.82) is 0 Å². The van der Waals surface area contributed by atoms with E-state index in [-0.39, 0.29) is 10.6 Å². The molecule has 0 saturated carbocycles. The quantitative estimate of drug-likeness (QED) is 0.430. The third kappa shape index (κ3) is 5.86. The van der Waals surface area contributed by atoms with Gasteiger partial charge in [0, 0.05) is 24.7 Å². The average Bonchev–Trinajstić information content (AvgIpc) is 2.78. The van der Waals surface area contributed by atoms with E-state index >= 15 is 0 Å². The van der Waals surface area contributed by atoms with Gasteiger partial charge in [0.1, 0.15) is 27.9 Å². The highest BCUT2D eigenvalue weighted by Gasteiger charge is 2.27. The molecule has 2 aromatic carbocycles. The van der Waals surface area contributed by atoms with Crippen molar-refractivity contribution in [3.05, 3.63) is 42.0 Å². The number of hydrazone groups is 1. The van der Waals surface area contributed by atoms with Crippen LogP contribution in [0.4, 0.5) is 0 Å². The van der Waals surface area contributed by atoms with Crippen LogP contribution >= 0.6 is 0 Å². The van der Waals surface area contributed by atoms with Crippen molar-refractivity contribution in [3.63, 3.8) is 0 Å². The van der Waals surface area contributed by atoms with E-state index < -0.39 is 22.5 Å². The van der Waals surface area contributed by atoms with Crippen LogP contribution in [0.3, 0.4) is 0 Å². The summed E-state index contributed by atoms with van der Waals surface area (Å²) in [6, 6.07) is 9.48. The number of carbonyl (C=O) groups is 1. The molecule has 2 aromatic rings. The molecular weight excluding hydrogens is 426 g/mol. The van der Waals surface area contributed by atoms with Gasteiger partial charge >= 0.3 is 0 Å². The van der Waals surface area contributed by atoms with Crippen LogP contribution in [0.25, 0.3) is 0 Å². The minimum atomic E-state index is -4.02. The van der Waals surface area contributed by atoms with Gasteiger partial charge in [-0.15, -0.1) is 0 Å². The maximum Gasteiger partial charge on any atom is 0.255 e. The van der Waals surface area contributed by atoms with Crippen LogP contribution in [0, 0.1) is 0 Å². The summed E-state index contributed by atoms with van der Waals surface area (Å²) < 4.78 is 47.3. The minimum Gasteiger partial charge on any atom is -0.497 e. The van der Waals surface area contributed by atoms with E-state index in [1.165, 1.54) is 53.8 Å². The van der Waals surface area contributed by atoms with Gasteiger partial charge in [-0.2, -0.15) is 9.41 Å². The van der Waals surface area contributed by atoms with Crippen LogP contribution in [0.2, 0.25) is 0 Å². The monoisotopic (exact) mass is 451 g/mol. The van der Waals surface area contributed by atoms with Gasteiger partial charge < -0.3 is 18.9 Å². The number of methoxy groups -OCH3 is 4. The van der Waals surface area contributed by atoms with Gasteiger partial charge in [0.05, 0.1) is 41.2 Å². The lowest BCUT2D eigenvalue weighted by Crippen LogP contribution is -2.36. The Bertz CT molecular complexity index is 1050. The van der Waals surface area contributed by atoms with Gasteiger partial charge in [-0.25, -0.2) is 13.8 Å². The second kappa shape index (κ2) is 10.6. The zero-order valence-electron chi connectivity index (χ0n) is 17.9. The Morgan fingerprint density at radius 2 is 1.58 bits per heavy atom. The Morgan fingerprint density at radius 1 is 0.968 bits per heavy atom. The lowest BCUT2D eigenvalue weighted by molar-refractivity contribution is -0.121. The fraction of sp³-hybridized carbons (Fsp3) is 0.300. The first kappa shape index (κ1) is 24.0. The Morgan fingerprint density at radius 3 is 2.19 bits per heavy atom. The van der Waals surface area contributed by atoms with Gasteiger partial charge in [-0.3, -0.25) is 4.79 Å². The molecule has 10 nitrogen and oxygen atoms in total. The van der Waals surface area contributed by atoms with E-state index in [9.17, 15) is 13.2 Å². The summed E-state index contributed by atoms with van der Waals surface area (Å²) in [5.41, 5.74) is 2.90. The first-order valence-corrected chi connectivity index (χ1v) is 10.4. The second-order valence-corrected chi connectivity index (χ2v) is 8.19. The van der Waals surface area contributed by atoms with Crippen molar-refractivity contribution in [2.24, 2.45) is 5.10 Å². The van der Waals surface area contributed by atoms with Crippen LogP contribution in [0.15, 0.2) is 46.4 Å². The molecule has 11 heteroatoms. The summed E-state index contributed by atoms with van der Waals surface area (Å²) in [5, 5.41) is 3.86. The van der Waals surface area contributed by atoms with Crippen LogP contribution < -0.4 is 24.4 Å². The molecule has 0 unspecified atom stereocenters. The van der Waals surface area contributed by atoms with Crippen LogP contribution in [0.5, 0.6) is 23.0 Å². The van der Waals surface area contributed by atoms with E-state index in [4.69, 9.17) is 18.9 Å². The van der Waals surface area contributed by atoms with Crippen molar-refractivity contribution in [3.8, 4) is 23.0 Å². The fourth-order valence-corrected chi connectivity index (χ4v) is 3.87. The number of likely N-dealkylation sites (N-methyl/N-ethyl adjacent to an activating group) is 1.